The summed E-state index contributed by atoms with van der Waals surface area (Å²) >= 11 is 0. The average Bonchev–Trinajstić information content (AvgIpc) is 2.61. The molecule has 1 fully saturated rings. The molecule has 0 amide bonds. The van der Waals surface area contributed by atoms with Crippen LogP contribution in [0, 0.1) is 23.7 Å². The van der Waals surface area contributed by atoms with Gasteiger partial charge in [0.1, 0.15) is 0 Å². The number of hydrogen-bond acceptors (Lipinski definition) is 0. The maximum absolute atomic E-state index is 2.43. The zero-order valence-electron chi connectivity index (χ0n) is 8.43. The van der Waals surface area contributed by atoms with Gasteiger partial charge in [-0.15, -0.1) is 0 Å². The van der Waals surface area contributed by atoms with Crippen LogP contribution in [-0.4, -0.2) is 0 Å². The molecule has 0 N–H and O–H groups in total. The first-order valence-corrected chi connectivity index (χ1v) is 5.22. The predicted octanol–water partition coefficient (Wildman–Crippen LogP) is 3.71. The molecule has 0 bridgehead atoms. The standard InChI is InChI=1S/C11H22/c1-5-7-8(3)11-9(4)10(11)6-2/h8-11H,5-7H2,1-4H3. The van der Waals surface area contributed by atoms with E-state index >= 15 is 0 Å². The quantitative estimate of drug-likeness (QED) is 0.579. The Balaban J connectivity index is 2.27. The molecule has 0 aromatic heterocycles. The van der Waals surface area contributed by atoms with E-state index in [9.17, 15) is 0 Å². The molecule has 66 valence electrons. The van der Waals surface area contributed by atoms with Crippen LogP contribution in [0.5, 0.6) is 0 Å². The first kappa shape index (κ1) is 9.09. The molecule has 0 radical (unpaired) electrons. The van der Waals surface area contributed by atoms with Gasteiger partial charge in [-0.3, -0.25) is 0 Å². The Kier molecular flexibility index (Phi) is 2.98. The van der Waals surface area contributed by atoms with Gasteiger partial charge in [0.15, 0.2) is 0 Å². The van der Waals surface area contributed by atoms with Crippen molar-refractivity contribution in [2.45, 2.75) is 47.0 Å². The van der Waals surface area contributed by atoms with E-state index in [0.717, 1.165) is 23.7 Å². The molecule has 0 aromatic carbocycles. The van der Waals surface area contributed by atoms with Gasteiger partial charge < -0.3 is 0 Å². The molecule has 0 aromatic rings. The molecule has 4 atom stereocenters. The molecular weight excluding hydrogens is 132 g/mol. The van der Waals surface area contributed by atoms with E-state index in [1.54, 1.807) is 0 Å². The maximum atomic E-state index is 2.43. The van der Waals surface area contributed by atoms with Crippen LogP contribution in [0.2, 0.25) is 0 Å². The molecule has 0 spiro atoms. The largest absolute Gasteiger partial charge is 0.0654 e. The van der Waals surface area contributed by atoms with Gasteiger partial charge in [-0.2, -0.15) is 0 Å². The summed E-state index contributed by atoms with van der Waals surface area (Å²) < 4.78 is 0. The fourth-order valence-corrected chi connectivity index (χ4v) is 2.81. The monoisotopic (exact) mass is 154 g/mol. The molecule has 0 heteroatoms. The highest BCUT2D eigenvalue weighted by Gasteiger charge is 2.47. The van der Waals surface area contributed by atoms with Gasteiger partial charge in [-0.05, 0) is 23.7 Å². The van der Waals surface area contributed by atoms with Gasteiger partial charge in [0.2, 0.25) is 0 Å². The van der Waals surface area contributed by atoms with Gasteiger partial charge in [-0.1, -0.05) is 47.0 Å². The number of hydrogen-bond donors (Lipinski definition) is 0. The Labute approximate surface area is 71.4 Å². The van der Waals surface area contributed by atoms with Crippen molar-refractivity contribution in [3.05, 3.63) is 0 Å². The van der Waals surface area contributed by atoms with Crippen LogP contribution in [0.4, 0.5) is 0 Å². The summed E-state index contributed by atoms with van der Waals surface area (Å²) in [6.07, 6.45) is 4.20. The van der Waals surface area contributed by atoms with Crippen molar-refractivity contribution in [2.24, 2.45) is 23.7 Å². The lowest BCUT2D eigenvalue weighted by Crippen LogP contribution is -1.98. The number of rotatable bonds is 4. The second-order valence-electron chi connectivity index (χ2n) is 4.27. The summed E-state index contributed by atoms with van der Waals surface area (Å²) in [5.41, 5.74) is 0. The minimum absolute atomic E-state index is 0.986. The van der Waals surface area contributed by atoms with E-state index in [0.29, 0.717) is 0 Å². The van der Waals surface area contributed by atoms with Gasteiger partial charge >= 0.3 is 0 Å². The third-order valence-corrected chi connectivity index (χ3v) is 3.51. The second kappa shape index (κ2) is 3.60. The molecule has 1 saturated carbocycles. The highest BCUT2D eigenvalue weighted by molar-refractivity contribution is 4.95. The summed E-state index contributed by atoms with van der Waals surface area (Å²) in [4.78, 5) is 0. The van der Waals surface area contributed by atoms with Crippen LogP contribution in [0.25, 0.3) is 0 Å². The summed E-state index contributed by atoms with van der Waals surface area (Å²) in [6, 6.07) is 0. The lowest BCUT2D eigenvalue weighted by molar-refractivity contribution is 0.425. The van der Waals surface area contributed by atoms with E-state index in [1.165, 1.54) is 19.3 Å². The lowest BCUT2D eigenvalue weighted by Gasteiger charge is -2.08. The fraction of sp³-hybridized carbons (Fsp3) is 1.00. The second-order valence-corrected chi connectivity index (χ2v) is 4.27. The Morgan fingerprint density at radius 3 is 2.27 bits per heavy atom. The van der Waals surface area contributed by atoms with Gasteiger partial charge in [0, 0.05) is 0 Å². The van der Waals surface area contributed by atoms with Gasteiger partial charge in [0.25, 0.3) is 0 Å². The maximum Gasteiger partial charge on any atom is -0.0329 e. The van der Waals surface area contributed by atoms with E-state index < -0.39 is 0 Å². The highest BCUT2D eigenvalue weighted by atomic mass is 14.5. The smallest absolute Gasteiger partial charge is 0.0329 e. The predicted molar refractivity (Wildman–Crippen MR) is 50.5 cm³/mol. The molecule has 0 nitrogen and oxygen atoms in total. The topological polar surface area (TPSA) is 0 Å². The Hall–Kier alpha value is 0. The third kappa shape index (κ3) is 1.77. The van der Waals surface area contributed by atoms with Crippen molar-refractivity contribution in [3.63, 3.8) is 0 Å². The van der Waals surface area contributed by atoms with Crippen molar-refractivity contribution in [2.75, 3.05) is 0 Å². The van der Waals surface area contributed by atoms with E-state index in [1.807, 2.05) is 0 Å². The summed E-state index contributed by atoms with van der Waals surface area (Å²) in [5.74, 6) is 4.15. The summed E-state index contributed by atoms with van der Waals surface area (Å²) in [6.45, 7) is 9.48. The first-order valence-electron chi connectivity index (χ1n) is 5.22. The summed E-state index contributed by atoms with van der Waals surface area (Å²) in [7, 11) is 0. The first-order chi connectivity index (χ1) is 5.22. The normalized spacial score (nSPS) is 38.7. The van der Waals surface area contributed by atoms with E-state index in [2.05, 4.69) is 27.7 Å². The molecule has 11 heavy (non-hydrogen) atoms. The lowest BCUT2D eigenvalue weighted by atomic mass is 9.98. The molecule has 1 aliphatic carbocycles. The van der Waals surface area contributed by atoms with Crippen molar-refractivity contribution < 1.29 is 0 Å². The highest BCUT2D eigenvalue weighted by Crippen LogP contribution is 2.53. The molecule has 0 heterocycles. The van der Waals surface area contributed by atoms with Crippen LogP contribution in [0.3, 0.4) is 0 Å². The molecular formula is C11H22. The van der Waals surface area contributed by atoms with Crippen molar-refractivity contribution in [1.82, 2.24) is 0 Å². The molecule has 0 aliphatic heterocycles. The molecule has 4 unspecified atom stereocenters. The molecule has 1 aliphatic rings. The Morgan fingerprint density at radius 2 is 1.91 bits per heavy atom. The molecule has 0 saturated heterocycles. The Bertz CT molecular complexity index is 117. The van der Waals surface area contributed by atoms with Crippen LogP contribution >= 0.6 is 0 Å². The fourth-order valence-electron chi connectivity index (χ4n) is 2.81. The Morgan fingerprint density at radius 1 is 1.27 bits per heavy atom. The van der Waals surface area contributed by atoms with Crippen LogP contribution in [0.15, 0.2) is 0 Å². The van der Waals surface area contributed by atoms with E-state index in [4.69, 9.17) is 0 Å². The average molecular weight is 154 g/mol. The zero-order chi connectivity index (χ0) is 8.43. The summed E-state index contributed by atoms with van der Waals surface area (Å²) in [5, 5.41) is 0. The van der Waals surface area contributed by atoms with Gasteiger partial charge in [0.05, 0.1) is 0 Å². The van der Waals surface area contributed by atoms with Crippen LogP contribution in [-0.2, 0) is 0 Å². The van der Waals surface area contributed by atoms with Crippen molar-refractivity contribution >= 4 is 0 Å². The minimum atomic E-state index is 0.986. The van der Waals surface area contributed by atoms with Crippen LogP contribution < -0.4 is 0 Å². The van der Waals surface area contributed by atoms with E-state index in [-0.39, 0.29) is 0 Å². The third-order valence-electron chi connectivity index (χ3n) is 3.51. The van der Waals surface area contributed by atoms with Gasteiger partial charge in [-0.25, -0.2) is 0 Å². The SMILES string of the molecule is CCCC(C)C1C(C)C1CC. The minimum Gasteiger partial charge on any atom is -0.0654 e. The van der Waals surface area contributed by atoms with Crippen LogP contribution in [0.1, 0.15) is 47.0 Å². The van der Waals surface area contributed by atoms with Crippen molar-refractivity contribution in [1.29, 1.82) is 0 Å². The zero-order valence-corrected chi connectivity index (χ0v) is 8.43. The molecule has 1 rings (SSSR count). The van der Waals surface area contributed by atoms with Crippen molar-refractivity contribution in [3.8, 4) is 0 Å².